The van der Waals surface area contributed by atoms with Gasteiger partial charge in [-0.1, -0.05) is 12.1 Å². The molecule has 0 fully saturated rings. The molecule has 0 aliphatic carbocycles. The number of nitrogens with zero attached hydrogens (tertiary/aromatic N) is 2. The predicted octanol–water partition coefficient (Wildman–Crippen LogP) is 1.80. The van der Waals surface area contributed by atoms with Crippen molar-refractivity contribution in [2.75, 3.05) is 0 Å². The zero-order valence-electron chi connectivity index (χ0n) is 6.27. The molecule has 1 aromatic rings. The van der Waals surface area contributed by atoms with Crippen molar-refractivity contribution >= 4 is 11.7 Å². The van der Waals surface area contributed by atoms with E-state index in [-0.39, 0.29) is 6.42 Å². The van der Waals surface area contributed by atoms with E-state index in [1.165, 1.54) is 0 Å². The average Bonchev–Trinajstić information content (AvgIpc) is 2.05. The molecule has 1 aromatic carbocycles. The predicted molar refractivity (Wildman–Crippen MR) is 42.5 cm³/mol. The summed E-state index contributed by atoms with van der Waals surface area (Å²) >= 11 is 0. The Bertz CT molecular complexity index is 324. The Morgan fingerprint density at radius 2 is 2.00 bits per heavy atom. The number of benzene rings is 1. The minimum absolute atomic E-state index is 0.00823. The highest BCUT2D eigenvalue weighted by molar-refractivity contribution is 5.70. The van der Waals surface area contributed by atoms with Gasteiger partial charge in [-0.3, -0.25) is 4.79 Å². The third-order valence-electron chi connectivity index (χ3n) is 1.41. The van der Waals surface area contributed by atoms with Crippen LogP contribution in [0.2, 0.25) is 0 Å². The van der Waals surface area contributed by atoms with Gasteiger partial charge < -0.3 is 5.11 Å². The molecule has 0 atom stereocenters. The zero-order chi connectivity index (χ0) is 8.97. The summed E-state index contributed by atoms with van der Waals surface area (Å²) < 4.78 is 0. The minimum Gasteiger partial charge on any atom is -0.481 e. The molecule has 0 aliphatic heterocycles. The molecule has 0 aliphatic rings. The highest BCUT2D eigenvalue weighted by atomic mass is 16.4. The van der Waals surface area contributed by atoms with Crippen LogP contribution >= 0.6 is 0 Å². The lowest BCUT2D eigenvalue weighted by Crippen LogP contribution is -1.98. The summed E-state index contributed by atoms with van der Waals surface area (Å²) in [6.45, 7) is 0. The molecule has 0 radical (unpaired) electrons. The SMILES string of the molecule is N#[N+]c1ccc(CC(=O)O)cc1. The fraction of sp³-hybridized carbons (Fsp3) is 0.125. The summed E-state index contributed by atoms with van der Waals surface area (Å²) in [7, 11) is 0. The van der Waals surface area contributed by atoms with Crippen molar-refractivity contribution in [1.29, 1.82) is 5.39 Å². The normalized spacial score (nSPS) is 8.92. The number of carbonyl (C=O) groups is 1. The summed E-state index contributed by atoms with van der Waals surface area (Å²) in [5.41, 5.74) is 1.11. The highest BCUT2D eigenvalue weighted by Gasteiger charge is 2.04. The second-order valence-corrected chi connectivity index (χ2v) is 2.34. The van der Waals surface area contributed by atoms with E-state index in [1.807, 2.05) is 0 Å². The van der Waals surface area contributed by atoms with Gasteiger partial charge in [0.25, 0.3) is 0 Å². The molecule has 4 heteroatoms. The molecule has 0 bridgehead atoms. The van der Waals surface area contributed by atoms with Gasteiger partial charge in [0.2, 0.25) is 5.39 Å². The maximum absolute atomic E-state index is 10.3. The van der Waals surface area contributed by atoms with Crippen LogP contribution in [0.3, 0.4) is 0 Å². The van der Waals surface area contributed by atoms with E-state index in [0.29, 0.717) is 11.3 Å². The molecule has 0 saturated heterocycles. The van der Waals surface area contributed by atoms with Crippen LogP contribution in [0.25, 0.3) is 4.98 Å². The molecule has 60 valence electrons. The number of carboxylic acids is 1. The summed E-state index contributed by atoms with van der Waals surface area (Å²) in [5, 5.41) is 16.7. The summed E-state index contributed by atoms with van der Waals surface area (Å²) in [5.74, 6) is -0.872. The molecular formula is C8H7N2O2+. The van der Waals surface area contributed by atoms with E-state index in [1.54, 1.807) is 24.3 Å². The van der Waals surface area contributed by atoms with Gasteiger partial charge in [-0.15, -0.1) is 0 Å². The second kappa shape index (κ2) is 3.49. The van der Waals surface area contributed by atoms with Crippen LogP contribution in [0.15, 0.2) is 24.3 Å². The highest BCUT2D eigenvalue weighted by Crippen LogP contribution is 2.12. The van der Waals surface area contributed by atoms with Gasteiger partial charge in [-0.2, -0.15) is 0 Å². The molecule has 12 heavy (non-hydrogen) atoms. The molecular weight excluding hydrogens is 156 g/mol. The van der Waals surface area contributed by atoms with Crippen LogP contribution in [0.5, 0.6) is 0 Å². The lowest BCUT2D eigenvalue weighted by Gasteiger charge is -1.91. The molecule has 0 amide bonds. The van der Waals surface area contributed by atoms with Crippen LogP contribution < -0.4 is 0 Å². The maximum atomic E-state index is 10.3. The fourth-order valence-corrected chi connectivity index (χ4v) is 0.855. The lowest BCUT2D eigenvalue weighted by molar-refractivity contribution is -0.136. The Hall–Kier alpha value is -1.89. The van der Waals surface area contributed by atoms with Crippen molar-refractivity contribution in [2.24, 2.45) is 0 Å². The maximum Gasteiger partial charge on any atom is 0.385 e. The first kappa shape index (κ1) is 8.21. The van der Waals surface area contributed by atoms with E-state index in [4.69, 9.17) is 10.5 Å². The van der Waals surface area contributed by atoms with Crippen molar-refractivity contribution in [1.82, 2.24) is 0 Å². The van der Waals surface area contributed by atoms with Crippen LogP contribution in [-0.2, 0) is 11.2 Å². The van der Waals surface area contributed by atoms with Crippen LogP contribution in [0.1, 0.15) is 5.56 Å². The summed E-state index contributed by atoms with van der Waals surface area (Å²) in [6, 6.07) is 6.34. The number of carboxylic acid groups (broad SMARTS) is 1. The first-order chi connectivity index (χ1) is 5.72. The topological polar surface area (TPSA) is 65.5 Å². The molecule has 0 unspecified atom stereocenters. The van der Waals surface area contributed by atoms with E-state index in [2.05, 4.69) is 4.98 Å². The van der Waals surface area contributed by atoms with Crippen LogP contribution in [0, 0.1) is 5.39 Å². The Morgan fingerprint density at radius 3 is 2.42 bits per heavy atom. The van der Waals surface area contributed by atoms with Crippen molar-refractivity contribution in [2.45, 2.75) is 6.42 Å². The van der Waals surface area contributed by atoms with Crippen molar-refractivity contribution in [3.8, 4) is 0 Å². The first-order valence-corrected chi connectivity index (χ1v) is 3.38. The van der Waals surface area contributed by atoms with Gasteiger partial charge in [-0.25, -0.2) is 0 Å². The van der Waals surface area contributed by atoms with E-state index in [0.717, 1.165) is 0 Å². The Morgan fingerprint density at radius 1 is 1.42 bits per heavy atom. The molecule has 1 rings (SSSR count). The van der Waals surface area contributed by atoms with Gasteiger partial charge >= 0.3 is 11.7 Å². The van der Waals surface area contributed by atoms with E-state index >= 15 is 0 Å². The van der Waals surface area contributed by atoms with Gasteiger partial charge in [0.05, 0.1) is 6.42 Å². The summed E-state index contributed by atoms with van der Waals surface area (Å²) in [6.07, 6.45) is -0.00823. The molecule has 1 N–H and O–H groups in total. The largest absolute Gasteiger partial charge is 0.481 e. The van der Waals surface area contributed by atoms with E-state index < -0.39 is 5.97 Å². The van der Waals surface area contributed by atoms with Gasteiger partial charge in [0.15, 0.2) is 4.98 Å². The molecule has 0 heterocycles. The number of rotatable bonds is 2. The van der Waals surface area contributed by atoms with Gasteiger partial charge in [0, 0.05) is 12.1 Å². The quantitative estimate of drug-likeness (QED) is 0.676. The van der Waals surface area contributed by atoms with Crippen molar-refractivity contribution in [3.05, 3.63) is 34.8 Å². The second-order valence-electron chi connectivity index (χ2n) is 2.34. The number of hydrogen-bond donors (Lipinski definition) is 1. The fourth-order valence-electron chi connectivity index (χ4n) is 0.855. The van der Waals surface area contributed by atoms with Crippen molar-refractivity contribution in [3.63, 3.8) is 0 Å². The standard InChI is InChI=1S/C8H6N2O2/c9-10-7-3-1-6(2-4-7)5-8(11)12/h1-4H,5H2/p+1. The third kappa shape index (κ3) is 2.06. The average molecular weight is 163 g/mol. The molecule has 0 spiro atoms. The molecule has 0 saturated carbocycles. The Kier molecular flexibility index (Phi) is 2.38. The number of aliphatic carboxylic acids is 1. The third-order valence-corrected chi connectivity index (χ3v) is 1.41. The summed E-state index contributed by atoms with van der Waals surface area (Å²) in [4.78, 5) is 13.2. The zero-order valence-corrected chi connectivity index (χ0v) is 6.27. The van der Waals surface area contributed by atoms with Crippen LogP contribution in [-0.4, -0.2) is 11.1 Å². The smallest absolute Gasteiger partial charge is 0.385 e. The Balaban J connectivity index is 2.80. The van der Waals surface area contributed by atoms with Crippen LogP contribution in [0.4, 0.5) is 5.69 Å². The molecule has 4 nitrogen and oxygen atoms in total. The lowest BCUT2D eigenvalue weighted by atomic mass is 10.1. The monoisotopic (exact) mass is 163 g/mol. The minimum atomic E-state index is -0.872. The van der Waals surface area contributed by atoms with E-state index in [9.17, 15) is 4.79 Å². The van der Waals surface area contributed by atoms with Crippen molar-refractivity contribution < 1.29 is 9.90 Å². The van der Waals surface area contributed by atoms with Gasteiger partial charge in [0.1, 0.15) is 0 Å². The Labute approximate surface area is 69.1 Å². The number of diazo groups is 1. The number of hydrogen-bond acceptors (Lipinski definition) is 2. The first-order valence-electron chi connectivity index (χ1n) is 3.38. The molecule has 0 aromatic heterocycles. The van der Waals surface area contributed by atoms with Gasteiger partial charge in [-0.05, 0) is 5.56 Å².